The normalized spacial score (nSPS) is 21.6. The number of ketones is 1. The van der Waals surface area contributed by atoms with Crippen LogP contribution >= 0.6 is 22.6 Å². The summed E-state index contributed by atoms with van der Waals surface area (Å²) >= 11 is 2.26. The average molecular weight is 499 g/mol. The van der Waals surface area contributed by atoms with Gasteiger partial charge in [0, 0.05) is 32.9 Å². The Bertz CT molecular complexity index is 1040. The average Bonchev–Trinajstić information content (AvgIpc) is 2.72. The molecule has 148 valence electrons. The Hall–Kier alpha value is -2.41. The summed E-state index contributed by atoms with van der Waals surface area (Å²) in [5, 5.41) is 3.36. The molecule has 0 amide bonds. The minimum absolute atomic E-state index is 0.0883. The first-order chi connectivity index (χ1) is 14.0. The Kier molecular flexibility index (Phi) is 5.58. The molecule has 0 saturated heterocycles. The Morgan fingerprint density at radius 2 is 1.79 bits per heavy atom. The third-order valence-electron chi connectivity index (χ3n) is 5.69. The Morgan fingerprint density at radius 3 is 2.48 bits per heavy atom. The largest absolute Gasteiger partial charge is 0.466 e. The maximum Gasteiger partial charge on any atom is 0.336 e. The lowest BCUT2D eigenvalue weighted by Gasteiger charge is -2.36. The fraction of sp³-hybridized carbons (Fsp3) is 0.250. The molecule has 0 fully saturated rings. The zero-order chi connectivity index (χ0) is 20.5. The van der Waals surface area contributed by atoms with E-state index in [-0.39, 0.29) is 11.7 Å². The summed E-state index contributed by atoms with van der Waals surface area (Å²) in [5.41, 5.74) is 4.99. The predicted molar refractivity (Wildman–Crippen MR) is 120 cm³/mol. The molecule has 29 heavy (non-hydrogen) atoms. The number of allylic oxidation sites excluding steroid dienone is 3. The number of benzene rings is 2. The number of rotatable bonds is 3. The molecule has 2 aliphatic rings. The van der Waals surface area contributed by atoms with E-state index in [0.29, 0.717) is 17.6 Å². The van der Waals surface area contributed by atoms with Crippen molar-refractivity contribution in [1.29, 1.82) is 0 Å². The van der Waals surface area contributed by atoms with Gasteiger partial charge in [0.25, 0.3) is 0 Å². The number of carbonyl (C=O) groups is 2. The zero-order valence-electron chi connectivity index (χ0n) is 16.4. The van der Waals surface area contributed by atoms with Crippen LogP contribution in [0.25, 0.3) is 0 Å². The van der Waals surface area contributed by atoms with Crippen molar-refractivity contribution in [2.24, 2.45) is 0 Å². The van der Waals surface area contributed by atoms with Crippen LogP contribution < -0.4 is 5.32 Å². The highest BCUT2D eigenvalue weighted by atomic mass is 127. The number of carbonyl (C=O) groups excluding carboxylic acids is 2. The second kappa shape index (κ2) is 8.14. The maximum absolute atomic E-state index is 13.4. The molecular formula is C24H22INO3. The van der Waals surface area contributed by atoms with Crippen molar-refractivity contribution in [2.45, 2.75) is 31.6 Å². The number of hydrogen-bond donors (Lipinski definition) is 1. The topological polar surface area (TPSA) is 55.4 Å². The number of hydrogen-bond acceptors (Lipinski definition) is 4. The van der Waals surface area contributed by atoms with Gasteiger partial charge in [0.1, 0.15) is 0 Å². The summed E-state index contributed by atoms with van der Waals surface area (Å²) in [6.45, 7) is 1.88. The predicted octanol–water partition coefficient (Wildman–Crippen LogP) is 4.83. The van der Waals surface area contributed by atoms with E-state index in [9.17, 15) is 9.59 Å². The van der Waals surface area contributed by atoms with Gasteiger partial charge in [0.05, 0.1) is 12.7 Å². The quantitative estimate of drug-likeness (QED) is 0.486. The Balaban J connectivity index is 1.82. The first kappa shape index (κ1) is 19.9. The molecule has 4 nitrogen and oxygen atoms in total. The summed E-state index contributed by atoms with van der Waals surface area (Å²) in [6.07, 6.45) is 1.19. The molecule has 0 aromatic heterocycles. The molecule has 1 N–H and O–H groups in total. The Labute approximate surface area is 184 Å². The molecule has 1 heterocycles. The first-order valence-corrected chi connectivity index (χ1v) is 10.7. The van der Waals surface area contributed by atoms with Gasteiger partial charge in [-0.25, -0.2) is 4.79 Å². The molecule has 2 aromatic carbocycles. The van der Waals surface area contributed by atoms with Gasteiger partial charge in [-0.1, -0.05) is 42.5 Å². The smallest absolute Gasteiger partial charge is 0.336 e. The number of halogens is 1. The van der Waals surface area contributed by atoms with Crippen molar-refractivity contribution < 1.29 is 14.3 Å². The van der Waals surface area contributed by atoms with Crippen molar-refractivity contribution in [3.8, 4) is 0 Å². The number of esters is 1. The van der Waals surface area contributed by atoms with Crippen LogP contribution in [0.1, 0.15) is 42.7 Å². The molecule has 2 aromatic rings. The lowest BCUT2D eigenvalue weighted by atomic mass is 9.72. The summed E-state index contributed by atoms with van der Waals surface area (Å²) in [5.74, 6) is -0.578. The van der Waals surface area contributed by atoms with E-state index in [1.165, 1.54) is 12.7 Å². The van der Waals surface area contributed by atoms with E-state index in [0.717, 1.165) is 26.9 Å². The highest BCUT2D eigenvalue weighted by Crippen LogP contribution is 2.45. The van der Waals surface area contributed by atoms with Crippen molar-refractivity contribution >= 4 is 34.3 Å². The monoisotopic (exact) mass is 499 g/mol. The molecule has 2 atom stereocenters. The van der Waals surface area contributed by atoms with Gasteiger partial charge in [0.15, 0.2) is 5.78 Å². The highest BCUT2D eigenvalue weighted by Gasteiger charge is 2.41. The molecule has 5 heteroatoms. The summed E-state index contributed by atoms with van der Waals surface area (Å²) in [6, 6.07) is 18.1. The van der Waals surface area contributed by atoms with Gasteiger partial charge in [-0.05, 0) is 65.1 Å². The van der Waals surface area contributed by atoms with Crippen molar-refractivity contribution in [3.63, 3.8) is 0 Å². The van der Waals surface area contributed by atoms with Gasteiger partial charge < -0.3 is 10.1 Å². The molecule has 0 radical (unpaired) electrons. The van der Waals surface area contributed by atoms with Gasteiger partial charge in [-0.15, -0.1) is 0 Å². The molecule has 0 bridgehead atoms. The highest BCUT2D eigenvalue weighted by molar-refractivity contribution is 14.1. The number of dihydropyridines is 1. The van der Waals surface area contributed by atoms with Crippen LogP contribution in [0.2, 0.25) is 0 Å². The minimum atomic E-state index is -0.405. The minimum Gasteiger partial charge on any atom is -0.466 e. The second-order valence-electron chi connectivity index (χ2n) is 7.47. The third-order valence-corrected chi connectivity index (χ3v) is 6.36. The van der Waals surface area contributed by atoms with Gasteiger partial charge in [-0.3, -0.25) is 4.79 Å². The molecule has 1 aliphatic heterocycles. The maximum atomic E-state index is 13.4. The number of nitrogens with one attached hydrogen (secondary N) is 1. The lowest BCUT2D eigenvalue weighted by Crippen LogP contribution is -2.36. The fourth-order valence-corrected chi connectivity index (χ4v) is 4.97. The van der Waals surface area contributed by atoms with E-state index >= 15 is 0 Å². The van der Waals surface area contributed by atoms with Crippen LogP contribution in [-0.2, 0) is 14.3 Å². The Morgan fingerprint density at radius 1 is 1.07 bits per heavy atom. The number of ether oxygens (including phenoxy) is 1. The van der Waals surface area contributed by atoms with Crippen LogP contribution in [0.5, 0.6) is 0 Å². The fourth-order valence-electron chi connectivity index (χ4n) is 4.40. The second-order valence-corrected chi connectivity index (χ2v) is 8.72. The van der Waals surface area contributed by atoms with Crippen LogP contribution in [0, 0.1) is 3.57 Å². The molecule has 1 aliphatic carbocycles. The van der Waals surface area contributed by atoms with E-state index in [1.54, 1.807) is 0 Å². The zero-order valence-corrected chi connectivity index (χ0v) is 18.5. The van der Waals surface area contributed by atoms with E-state index in [4.69, 9.17) is 4.74 Å². The standard InChI is InChI=1S/C24H22INO3/c1-14-21(24(28)29-2)22(16-9-6-10-18(25)11-16)23-19(26-14)12-17(13-20(23)27)15-7-4-3-5-8-15/h3-11,17,22,26H,12-13H2,1-2H3/t17-,22+/m0/s1. The van der Waals surface area contributed by atoms with Crippen LogP contribution in [0.15, 0.2) is 77.1 Å². The van der Waals surface area contributed by atoms with Crippen molar-refractivity contribution in [3.05, 3.63) is 91.8 Å². The van der Waals surface area contributed by atoms with Gasteiger partial charge >= 0.3 is 5.97 Å². The lowest BCUT2D eigenvalue weighted by molar-refractivity contribution is -0.136. The van der Waals surface area contributed by atoms with E-state index in [1.807, 2.05) is 49.4 Å². The van der Waals surface area contributed by atoms with E-state index in [2.05, 4.69) is 40.0 Å². The number of methoxy groups -OCH3 is 1. The first-order valence-electron chi connectivity index (χ1n) is 9.62. The van der Waals surface area contributed by atoms with Crippen molar-refractivity contribution in [2.75, 3.05) is 7.11 Å². The molecule has 4 rings (SSSR count). The van der Waals surface area contributed by atoms with Crippen LogP contribution in [0.4, 0.5) is 0 Å². The molecule has 0 spiro atoms. The number of Topliss-reactive ketones (excluding diaryl/α,β-unsaturated/α-hetero) is 1. The molecular weight excluding hydrogens is 477 g/mol. The van der Waals surface area contributed by atoms with Gasteiger partial charge in [-0.2, -0.15) is 0 Å². The van der Waals surface area contributed by atoms with Gasteiger partial charge in [0.2, 0.25) is 0 Å². The summed E-state index contributed by atoms with van der Waals surface area (Å²) in [7, 11) is 1.38. The summed E-state index contributed by atoms with van der Waals surface area (Å²) < 4.78 is 6.14. The SMILES string of the molecule is COC(=O)C1=C(C)NC2=C(C(=O)C[C@@H](c3ccccc3)C2)[C@@H]1c1cccc(I)c1. The van der Waals surface area contributed by atoms with Crippen LogP contribution in [-0.4, -0.2) is 18.9 Å². The van der Waals surface area contributed by atoms with Crippen molar-refractivity contribution in [1.82, 2.24) is 5.32 Å². The molecule has 0 saturated carbocycles. The molecule has 0 unspecified atom stereocenters. The third kappa shape index (κ3) is 3.75. The summed E-state index contributed by atoms with van der Waals surface area (Å²) in [4.78, 5) is 26.0. The van der Waals surface area contributed by atoms with E-state index < -0.39 is 11.9 Å². The van der Waals surface area contributed by atoms with Crippen LogP contribution in [0.3, 0.4) is 0 Å².